The van der Waals surface area contributed by atoms with Crippen molar-refractivity contribution >= 4 is 67.6 Å². The third kappa shape index (κ3) is 12.0. The van der Waals surface area contributed by atoms with Gasteiger partial charge in [-0.3, -0.25) is 4.39 Å². The Bertz CT molecular complexity index is 2890. The van der Waals surface area contributed by atoms with Crippen molar-refractivity contribution in [2.45, 2.75) is 0 Å². The van der Waals surface area contributed by atoms with Crippen molar-refractivity contribution in [2.24, 2.45) is 0 Å². The van der Waals surface area contributed by atoms with Gasteiger partial charge in [-0.15, -0.1) is 0 Å². The number of piperazine rings is 2. The number of hydrogen-bond donors (Lipinski definition) is 1. The monoisotopic (exact) mass is 967 g/mol. The summed E-state index contributed by atoms with van der Waals surface area (Å²) >= 11 is 3.44. The van der Waals surface area contributed by atoms with Crippen LogP contribution in [-0.4, -0.2) is 126 Å². The SMILES string of the molecule is COC(=O)c1ccc2nc(-c3ccccc3)c(Br)nc2c1.COC(=O)c1ccc2nc(-c3ccccc3)c(N3CCN(c4ncccn4)CC3)nc2c1.[2H]CF.c1cnc(N2CCNCC2)nc1. The van der Waals surface area contributed by atoms with Gasteiger partial charge in [-0.1, -0.05) is 60.7 Å². The number of rotatable bonds is 7. The molecule has 67 heavy (non-hydrogen) atoms. The highest BCUT2D eigenvalue weighted by Gasteiger charge is 2.24. The van der Waals surface area contributed by atoms with E-state index >= 15 is 0 Å². The van der Waals surface area contributed by atoms with Crippen LogP contribution in [0.2, 0.25) is 0 Å². The van der Waals surface area contributed by atoms with Crippen molar-refractivity contribution in [3.05, 3.63) is 150 Å². The third-order valence-electron chi connectivity index (χ3n) is 10.6. The van der Waals surface area contributed by atoms with E-state index in [1.54, 1.807) is 55.1 Å². The van der Waals surface area contributed by atoms with Gasteiger partial charge >= 0.3 is 11.9 Å². The Morgan fingerprint density at radius 1 is 0.567 bits per heavy atom. The van der Waals surface area contributed by atoms with Crippen molar-refractivity contribution < 1.29 is 24.8 Å². The van der Waals surface area contributed by atoms with Crippen LogP contribution >= 0.6 is 15.9 Å². The quantitative estimate of drug-likeness (QED) is 0.155. The molecule has 4 aromatic heterocycles. The lowest BCUT2D eigenvalue weighted by atomic mass is 10.1. The number of nitrogens with zero attached hydrogens (tertiary/aromatic N) is 11. The Kier molecular flexibility index (Phi) is 16.2. The molecule has 342 valence electrons. The molecule has 10 rings (SSSR count). The van der Waals surface area contributed by atoms with Crippen LogP contribution in [-0.2, 0) is 9.47 Å². The number of hydrogen-bond acceptors (Lipinski definition) is 16. The van der Waals surface area contributed by atoms with E-state index in [1.165, 1.54) is 14.2 Å². The smallest absolute Gasteiger partial charge is 0.337 e. The second-order valence-electron chi connectivity index (χ2n) is 14.7. The van der Waals surface area contributed by atoms with E-state index in [1.807, 2.05) is 78.9 Å². The van der Waals surface area contributed by atoms with Crippen molar-refractivity contribution in [1.29, 1.82) is 0 Å². The fraction of sp³-hybridized carbons (Fsp3) is 0.224. The van der Waals surface area contributed by atoms with Crippen LogP contribution in [0.4, 0.5) is 22.1 Å². The third-order valence-corrected chi connectivity index (χ3v) is 11.1. The first kappa shape index (κ1) is 46.0. The molecular weight excluding hydrogens is 920 g/mol. The molecule has 0 unspecified atom stereocenters. The van der Waals surface area contributed by atoms with Crippen LogP contribution < -0.4 is 20.0 Å². The molecule has 18 heteroatoms. The van der Waals surface area contributed by atoms with E-state index in [9.17, 15) is 14.0 Å². The number of fused-ring (bicyclic) bond motifs is 2. The molecule has 0 bridgehead atoms. The fourth-order valence-corrected chi connectivity index (χ4v) is 7.76. The number of aromatic nitrogens is 8. The van der Waals surface area contributed by atoms with Gasteiger partial charge in [-0.2, -0.15) is 0 Å². The highest BCUT2D eigenvalue weighted by atomic mass is 79.9. The minimum absolute atomic E-state index is 0.387. The number of ether oxygens (including phenoxy) is 2. The number of carbonyl (C=O) groups is 2. The van der Waals surface area contributed by atoms with Gasteiger partial charge in [-0.05, 0) is 64.5 Å². The highest BCUT2D eigenvalue weighted by Crippen LogP contribution is 2.31. The van der Waals surface area contributed by atoms with E-state index in [4.69, 9.17) is 20.8 Å². The number of halogens is 2. The number of nitrogens with one attached hydrogen (secondary N) is 1. The molecule has 1 N–H and O–H groups in total. The molecule has 2 aliphatic heterocycles. The van der Waals surface area contributed by atoms with Crippen LogP contribution in [0, 0.1) is 0 Å². The Balaban J connectivity index is 0.000000162. The predicted molar refractivity (Wildman–Crippen MR) is 261 cm³/mol. The van der Waals surface area contributed by atoms with Gasteiger partial charge in [0.1, 0.15) is 16.0 Å². The van der Waals surface area contributed by atoms with Crippen molar-refractivity contribution in [2.75, 3.05) is 88.4 Å². The number of benzene rings is 4. The summed E-state index contributed by atoms with van der Waals surface area (Å²) in [5.41, 5.74) is 7.26. The topological polar surface area (TPSA) is 177 Å². The standard InChI is InChI=1S/C24H22N6O2.C16H11BrN2O2.C8H12N4.CH3F/c1-32-23(31)18-8-9-19-20(16-18)28-22(21(27-19)17-6-3-2-4-7-17)29-12-14-30(15-13-29)24-25-10-5-11-26-24;1-21-16(20)11-7-8-12-13(9-11)19-15(17)14(18-12)10-5-3-2-4-6-10;1-2-10-8(11-3-1)12-6-4-9-5-7-12;1-2/h2-11,16H,12-15H2,1H3;2-9H,1H3;1-3,9H,4-7H2;1H3/i;;;1D. The predicted octanol–water partition coefficient (Wildman–Crippen LogP) is 7.52. The lowest BCUT2D eigenvalue weighted by Crippen LogP contribution is -2.47. The summed E-state index contributed by atoms with van der Waals surface area (Å²) in [6.45, 7) is 7.13. The first-order valence-corrected chi connectivity index (χ1v) is 22.0. The van der Waals surface area contributed by atoms with E-state index in [2.05, 4.69) is 65.9 Å². The first-order chi connectivity index (χ1) is 33.3. The number of alkyl halides is 1. The molecule has 0 atom stereocenters. The molecule has 0 amide bonds. The fourth-order valence-electron chi connectivity index (χ4n) is 7.25. The van der Waals surface area contributed by atoms with Gasteiger partial charge in [0.25, 0.3) is 0 Å². The molecule has 2 fully saturated rings. The van der Waals surface area contributed by atoms with Crippen LogP contribution in [0.25, 0.3) is 44.6 Å². The summed E-state index contributed by atoms with van der Waals surface area (Å²) in [7, 11) is 1.73. The van der Waals surface area contributed by atoms with Gasteiger partial charge in [0.05, 0.1) is 55.9 Å². The normalized spacial score (nSPS) is 13.4. The second-order valence-corrected chi connectivity index (χ2v) is 15.4. The van der Waals surface area contributed by atoms with Gasteiger partial charge in [0.2, 0.25) is 11.9 Å². The van der Waals surface area contributed by atoms with Gasteiger partial charge in [0.15, 0.2) is 5.82 Å². The molecule has 0 saturated carbocycles. The maximum absolute atomic E-state index is 12.0. The van der Waals surface area contributed by atoms with Gasteiger partial charge in [0, 0.05) is 88.3 Å². The average molecular weight is 969 g/mol. The summed E-state index contributed by atoms with van der Waals surface area (Å²) in [5.74, 6) is 1.61. The highest BCUT2D eigenvalue weighted by molar-refractivity contribution is 9.10. The van der Waals surface area contributed by atoms with Gasteiger partial charge < -0.3 is 29.5 Å². The average Bonchev–Trinajstić information content (AvgIpc) is 3.41. The molecule has 4 aromatic carbocycles. The Morgan fingerprint density at radius 2 is 1.00 bits per heavy atom. The minimum Gasteiger partial charge on any atom is -0.465 e. The van der Waals surface area contributed by atoms with Crippen molar-refractivity contribution in [3.63, 3.8) is 0 Å². The van der Waals surface area contributed by atoms with Crippen LogP contribution in [0.5, 0.6) is 0 Å². The van der Waals surface area contributed by atoms with E-state index < -0.39 is 7.15 Å². The summed E-state index contributed by atoms with van der Waals surface area (Å²) < 4.78 is 25.7. The summed E-state index contributed by atoms with van der Waals surface area (Å²) in [6.07, 6.45) is 7.08. The minimum atomic E-state index is -1.00. The summed E-state index contributed by atoms with van der Waals surface area (Å²) in [6, 6.07) is 33.9. The number of methoxy groups -OCH3 is 2. The Labute approximate surface area is 396 Å². The van der Waals surface area contributed by atoms with Crippen molar-refractivity contribution in [1.82, 2.24) is 45.2 Å². The van der Waals surface area contributed by atoms with Gasteiger partial charge in [-0.25, -0.2) is 49.5 Å². The Morgan fingerprint density at radius 3 is 1.49 bits per heavy atom. The zero-order valence-corrected chi connectivity index (χ0v) is 38.5. The number of esters is 2. The van der Waals surface area contributed by atoms with E-state index in [-0.39, 0.29) is 11.9 Å². The maximum atomic E-state index is 12.0. The first-order valence-electron chi connectivity index (χ1n) is 21.9. The Hall–Kier alpha value is -7.57. The molecule has 8 aromatic rings. The molecule has 2 aliphatic rings. The molecule has 0 spiro atoms. The van der Waals surface area contributed by atoms with Crippen LogP contribution in [0.1, 0.15) is 22.1 Å². The summed E-state index contributed by atoms with van der Waals surface area (Å²) in [5, 5.41) is 3.29. The molecule has 2 saturated heterocycles. The second kappa shape index (κ2) is 23.6. The van der Waals surface area contributed by atoms with E-state index in [0.717, 1.165) is 104 Å². The number of anilines is 3. The zero-order chi connectivity index (χ0) is 47.7. The molecule has 16 nitrogen and oxygen atoms in total. The van der Waals surface area contributed by atoms with Crippen molar-refractivity contribution in [3.8, 4) is 22.5 Å². The largest absolute Gasteiger partial charge is 0.465 e. The molecule has 6 heterocycles. The molecule has 0 radical (unpaired) electrons. The van der Waals surface area contributed by atoms with Crippen LogP contribution in [0.3, 0.4) is 0 Å². The summed E-state index contributed by atoms with van der Waals surface area (Å²) in [4.78, 5) is 66.2. The molecular formula is C49H48BrFN12O4. The lowest BCUT2D eigenvalue weighted by Gasteiger charge is -2.36. The molecule has 0 aliphatic carbocycles. The number of carbonyl (C=O) groups excluding carboxylic acids is 2. The van der Waals surface area contributed by atoms with Crippen LogP contribution in [0.15, 0.2) is 139 Å². The maximum Gasteiger partial charge on any atom is 0.337 e. The van der Waals surface area contributed by atoms with E-state index in [0.29, 0.717) is 26.8 Å². The zero-order valence-electron chi connectivity index (χ0n) is 37.9. The lowest BCUT2D eigenvalue weighted by molar-refractivity contribution is 0.0592.